The monoisotopic (exact) mass is 345 g/mol. The maximum Gasteiger partial charge on any atom is 0.416 e. The van der Waals surface area contributed by atoms with Crippen LogP contribution in [0.1, 0.15) is 27.7 Å². The molecule has 0 bridgehead atoms. The number of hydrogen-bond acceptors (Lipinski definition) is 2. The molecule has 2 aromatic carbocycles. The maximum atomic E-state index is 12.6. The first-order valence-electron chi connectivity index (χ1n) is 7.83. The maximum absolute atomic E-state index is 12.6. The van der Waals surface area contributed by atoms with Gasteiger partial charge in [-0.3, -0.25) is 4.79 Å². The van der Waals surface area contributed by atoms with Gasteiger partial charge < -0.3 is 9.88 Å². The van der Waals surface area contributed by atoms with Gasteiger partial charge in [-0.15, -0.1) is 0 Å². The lowest BCUT2D eigenvalue weighted by Crippen LogP contribution is -2.48. The van der Waals surface area contributed by atoms with Crippen molar-refractivity contribution < 1.29 is 18.0 Å². The molecule has 1 aliphatic heterocycles. The summed E-state index contributed by atoms with van der Waals surface area (Å²) in [6.45, 7) is 0.999. The Morgan fingerprint density at radius 2 is 1.76 bits per heavy atom. The van der Waals surface area contributed by atoms with Crippen LogP contribution in [0, 0.1) is 0 Å². The summed E-state index contributed by atoms with van der Waals surface area (Å²) in [5.41, 5.74) is 1.33. The molecule has 0 unspecified atom stereocenters. The van der Waals surface area contributed by atoms with Crippen LogP contribution in [0.15, 0.2) is 48.5 Å². The topological polar surface area (TPSA) is 49.0 Å². The number of rotatable bonds is 2. The number of fused-ring (bicyclic) bond motifs is 1. The van der Waals surface area contributed by atoms with Crippen LogP contribution in [0.25, 0.3) is 11.0 Å². The molecule has 1 fully saturated rings. The molecule has 0 atom stereocenters. The van der Waals surface area contributed by atoms with Gasteiger partial charge >= 0.3 is 6.18 Å². The van der Waals surface area contributed by atoms with E-state index in [2.05, 4.69) is 9.97 Å². The zero-order valence-electron chi connectivity index (χ0n) is 13.0. The molecule has 0 spiro atoms. The predicted octanol–water partition coefficient (Wildman–Crippen LogP) is 3.82. The van der Waals surface area contributed by atoms with Gasteiger partial charge in [0.2, 0.25) is 0 Å². The van der Waals surface area contributed by atoms with E-state index in [0.29, 0.717) is 13.1 Å². The minimum Gasteiger partial charge on any atom is -0.342 e. The van der Waals surface area contributed by atoms with E-state index in [0.717, 1.165) is 29.0 Å². The van der Waals surface area contributed by atoms with Gasteiger partial charge in [0.1, 0.15) is 5.82 Å². The number of carbonyl (C=O) groups excluding carboxylic acids is 1. The Bertz CT molecular complexity index is 892. The van der Waals surface area contributed by atoms with Crippen LogP contribution in [-0.2, 0) is 6.18 Å². The van der Waals surface area contributed by atoms with Crippen LogP contribution in [0.2, 0.25) is 0 Å². The second-order valence-corrected chi connectivity index (χ2v) is 6.12. The average Bonchev–Trinajstić information content (AvgIpc) is 2.96. The van der Waals surface area contributed by atoms with Gasteiger partial charge in [-0.05, 0) is 36.4 Å². The van der Waals surface area contributed by atoms with Crippen molar-refractivity contribution in [2.24, 2.45) is 0 Å². The molecule has 0 radical (unpaired) electrons. The third-order valence-corrected chi connectivity index (χ3v) is 4.42. The van der Waals surface area contributed by atoms with Gasteiger partial charge in [0.25, 0.3) is 5.91 Å². The Labute approximate surface area is 141 Å². The number of H-pyrrole nitrogens is 1. The quantitative estimate of drug-likeness (QED) is 0.768. The minimum atomic E-state index is -4.40. The molecular weight excluding hydrogens is 331 g/mol. The fraction of sp³-hybridized carbons (Fsp3) is 0.222. The summed E-state index contributed by atoms with van der Waals surface area (Å²) in [5.74, 6) is 0.685. The van der Waals surface area contributed by atoms with Gasteiger partial charge in [0.15, 0.2) is 0 Å². The highest BCUT2D eigenvalue weighted by atomic mass is 19.4. The van der Waals surface area contributed by atoms with Gasteiger partial charge in [-0.25, -0.2) is 4.98 Å². The first kappa shape index (κ1) is 15.7. The molecule has 3 aromatic rings. The summed E-state index contributed by atoms with van der Waals surface area (Å²) in [6.07, 6.45) is -4.40. The number of nitrogens with one attached hydrogen (secondary N) is 1. The summed E-state index contributed by atoms with van der Waals surface area (Å²) in [4.78, 5) is 21.7. The molecule has 1 N–H and O–H groups in total. The molecule has 7 heteroatoms. The standard InChI is InChI=1S/C18H14F3N3O/c19-18(20,21)13-7-5-11(6-8-13)17(25)24-9-12(10-24)16-22-14-3-1-2-4-15(14)23-16/h1-8,12H,9-10H2,(H,22,23). The van der Waals surface area contributed by atoms with Crippen molar-refractivity contribution in [3.63, 3.8) is 0 Å². The zero-order valence-corrected chi connectivity index (χ0v) is 13.0. The smallest absolute Gasteiger partial charge is 0.342 e. The van der Waals surface area contributed by atoms with Crippen LogP contribution in [-0.4, -0.2) is 33.9 Å². The Morgan fingerprint density at radius 1 is 1.08 bits per heavy atom. The van der Waals surface area contributed by atoms with Crippen molar-refractivity contribution in [1.82, 2.24) is 14.9 Å². The van der Waals surface area contributed by atoms with E-state index in [1.807, 2.05) is 24.3 Å². The highest BCUT2D eigenvalue weighted by Crippen LogP contribution is 2.31. The number of carbonyl (C=O) groups is 1. The summed E-state index contributed by atoms with van der Waals surface area (Å²) < 4.78 is 37.7. The number of amides is 1. The molecule has 4 nitrogen and oxygen atoms in total. The van der Waals surface area contributed by atoms with Crippen LogP contribution in [0.3, 0.4) is 0 Å². The summed E-state index contributed by atoms with van der Waals surface area (Å²) in [7, 11) is 0. The van der Waals surface area contributed by atoms with E-state index in [9.17, 15) is 18.0 Å². The minimum absolute atomic E-state index is 0.116. The average molecular weight is 345 g/mol. The van der Waals surface area contributed by atoms with E-state index in [-0.39, 0.29) is 17.4 Å². The highest BCUT2D eigenvalue weighted by molar-refractivity contribution is 5.95. The molecule has 1 saturated heterocycles. The first-order valence-corrected chi connectivity index (χ1v) is 7.83. The fourth-order valence-electron chi connectivity index (χ4n) is 2.97. The Morgan fingerprint density at radius 3 is 2.40 bits per heavy atom. The normalized spacial score (nSPS) is 15.4. The van der Waals surface area contributed by atoms with E-state index in [1.165, 1.54) is 12.1 Å². The van der Waals surface area contributed by atoms with Crippen LogP contribution in [0.4, 0.5) is 13.2 Å². The second kappa shape index (κ2) is 5.61. The molecule has 1 amide bonds. The number of aromatic amines is 1. The summed E-state index contributed by atoms with van der Waals surface area (Å²) >= 11 is 0. The van der Waals surface area contributed by atoms with E-state index < -0.39 is 11.7 Å². The molecule has 0 saturated carbocycles. The molecule has 1 aliphatic rings. The fourth-order valence-corrected chi connectivity index (χ4v) is 2.97. The van der Waals surface area contributed by atoms with Crippen molar-refractivity contribution in [1.29, 1.82) is 0 Å². The SMILES string of the molecule is O=C(c1ccc(C(F)(F)F)cc1)N1CC(c2nc3ccccc3[nH]2)C1. The van der Waals surface area contributed by atoms with Crippen molar-refractivity contribution in [2.45, 2.75) is 12.1 Å². The van der Waals surface area contributed by atoms with Crippen LogP contribution < -0.4 is 0 Å². The number of benzene rings is 2. The van der Waals surface area contributed by atoms with Gasteiger partial charge in [-0.2, -0.15) is 13.2 Å². The van der Waals surface area contributed by atoms with Gasteiger partial charge in [-0.1, -0.05) is 12.1 Å². The zero-order chi connectivity index (χ0) is 17.6. The number of likely N-dealkylation sites (tertiary alicyclic amines) is 1. The van der Waals surface area contributed by atoms with Crippen molar-refractivity contribution in [2.75, 3.05) is 13.1 Å². The second-order valence-electron chi connectivity index (χ2n) is 6.12. The van der Waals surface area contributed by atoms with Crippen molar-refractivity contribution in [3.05, 3.63) is 65.5 Å². The third-order valence-electron chi connectivity index (χ3n) is 4.42. The number of alkyl halides is 3. The third kappa shape index (κ3) is 2.86. The van der Waals surface area contributed by atoms with Crippen molar-refractivity contribution in [3.8, 4) is 0 Å². The van der Waals surface area contributed by atoms with Crippen LogP contribution >= 0.6 is 0 Å². The summed E-state index contributed by atoms with van der Waals surface area (Å²) in [5, 5.41) is 0. The number of halogens is 3. The van der Waals surface area contributed by atoms with E-state index in [1.54, 1.807) is 4.90 Å². The molecule has 4 rings (SSSR count). The molecule has 0 aliphatic carbocycles. The van der Waals surface area contributed by atoms with Gasteiger partial charge in [0, 0.05) is 18.7 Å². The van der Waals surface area contributed by atoms with E-state index in [4.69, 9.17) is 0 Å². The Balaban J connectivity index is 1.43. The number of para-hydroxylation sites is 2. The number of aromatic nitrogens is 2. The van der Waals surface area contributed by atoms with E-state index >= 15 is 0 Å². The predicted molar refractivity (Wildman–Crippen MR) is 86.2 cm³/mol. The van der Waals surface area contributed by atoms with Crippen molar-refractivity contribution >= 4 is 16.9 Å². The Kier molecular flexibility index (Phi) is 3.52. The van der Waals surface area contributed by atoms with Gasteiger partial charge in [0.05, 0.1) is 22.5 Å². The lowest BCUT2D eigenvalue weighted by atomic mass is 9.98. The van der Waals surface area contributed by atoms with Crippen LogP contribution in [0.5, 0.6) is 0 Å². The molecule has 1 aromatic heterocycles. The summed E-state index contributed by atoms with van der Waals surface area (Å²) in [6, 6.07) is 12.0. The highest BCUT2D eigenvalue weighted by Gasteiger charge is 2.35. The first-order chi connectivity index (χ1) is 11.9. The molecular formula is C18H14F3N3O. The number of imidazole rings is 1. The lowest BCUT2D eigenvalue weighted by Gasteiger charge is -2.38. The molecule has 25 heavy (non-hydrogen) atoms. The molecule has 2 heterocycles. The molecule has 128 valence electrons. The lowest BCUT2D eigenvalue weighted by molar-refractivity contribution is -0.137. The number of hydrogen-bond donors (Lipinski definition) is 1. The largest absolute Gasteiger partial charge is 0.416 e. The Hall–Kier alpha value is -2.83. The number of nitrogens with zero attached hydrogens (tertiary/aromatic N) is 2.